The molecule has 0 aliphatic carbocycles. The van der Waals surface area contributed by atoms with Gasteiger partial charge in [0.05, 0.1) is 27.4 Å². The Balaban J connectivity index is 1.39. The van der Waals surface area contributed by atoms with Crippen LogP contribution in [0.5, 0.6) is 0 Å². The maximum atomic E-state index is 12.6. The van der Waals surface area contributed by atoms with E-state index in [-0.39, 0.29) is 17.5 Å². The minimum Gasteiger partial charge on any atom is -0.370 e. The van der Waals surface area contributed by atoms with Crippen molar-refractivity contribution >= 4 is 34.6 Å². The number of amides is 2. The van der Waals surface area contributed by atoms with E-state index in [1.165, 1.54) is 29.2 Å². The van der Waals surface area contributed by atoms with Crippen LogP contribution in [-0.2, 0) is 0 Å². The van der Waals surface area contributed by atoms with Crippen LogP contribution in [-0.4, -0.2) is 41.3 Å². The monoisotopic (exact) mass is 443 g/mol. The molecule has 2 amide bonds. The predicted octanol–water partition coefficient (Wildman–Crippen LogP) is 5.13. The van der Waals surface area contributed by atoms with Gasteiger partial charge in [-0.05, 0) is 55.5 Å². The third kappa shape index (κ3) is 4.62. The van der Waals surface area contributed by atoms with E-state index in [1.807, 2.05) is 31.2 Å². The topological polar surface area (TPSA) is 108 Å². The number of non-ortho nitro benzene ring substituents is 1. The van der Waals surface area contributed by atoms with Crippen LogP contribution < -0.4 is 4.90 Å². The van der Waals surface area contributed by atoms with Crippen LogP contribution in [0.1, 0.15) is 27.6 Å². The number of anilines is 1. The highest BCUT2D eigenvalue weighted by Gasteiger charge is 2.34. The molecule has 33 heavy (non-hydrogen) atoms. The molecule has 0 bridgehead atoms. The van der Waals surface area contributed by atoms with Gasteiger partial charge in [0.25, 0.3) is 17.5 Å². The molecule has 0 saturated carbocycles. The molecule has 1 heterocycles. The molecular formula is C24H21N5O4. The Bertz CT molecular complexity index is 1190. The van der Waals surface area contributed by atoms with Crippen molar-refractivity contribution in [2.24, 2.45) is 10.2 Å². The Morgan fingerprint density at radius 2 is 1.36 bits per heavy atom. The molecular weight excluding hydrogens is 422 g/mol. The summed E-state index contributed by atoms with van der Waals surface area (Å²) in [5.41, 5.74) is 2.98. The highest BCUT2D eigenvalue weighted by atomic mass is 16.6. The van der Waals surface area contributed by atoms with Gasteiger partial charge in [0.1, 0.15) is 0 Å². The van der Waals surface area contributed by atoms with Crippen LogP contribution in [0.3, 0.4) is 0 Å². The number of azo groups is 1. The second-order valence-corrected chi connectivity index (χ2v) is 7.38. The summed E-state index contributed by atoms with van der Waals surface area (Å²) in [7, 11) is 0. The van der Waals surface area contributed by atoms with Crippen molar-refractivity contribution < 1.29 is 14.5 Å². The largest absolute Gasteiger partial charge is 0.370 e. The van der Waals surface area contributed by atoms with E-state index >= 15 is 0 Å². The summed E-state index contributed by atoms with van der Waals surface area (Å²) >= 11 is 0. The molecule has 0 aromatic heterocycles. The lowest BCUT2D eigenvalue weighted by atomic mass is 10.1. The Hall–Kier alpha value is -4.40. The van der Waals surface area contributed by atoms with Crippen molar-refractivity contribution in [2.75, 3.05) is 24.5 Å². The number of nitro groups is 1. The zero-order chi connectivity index (χ0) is 23.4. The number of rotatable bonds is 8. The van der Waals surface area contributed by atoms with Crippen molar-refractivity contribution in [3.05, 3.63) is 94.0 Å². The molecule has 9 heteroatoms. The molecule has 4 rings (SSSR count). The zero-order valence-electron chi connectivity index (χ0n) is 17.9. The second-order valence-electron chi connectivity index (χ2n) is 7.38. The van der Waals surface area contributed by atoms with E-state index in [0.29, 0.717) is 42.1 Å². The van der Waals surface area contributed by atoms with Crippen LogP contribution in [0.2, 0.25) is 0 Å². The summed E-state index contributed by atoms with van der Waals surface area (Å²) in [6.45, 7) is 3.50. The van der Waals surface area contributed by atoms with Crippen molar-refractivity contribution in [1.29, 1.82) is 0 Å². The van der Waals surface area contributed by atoms with Gasteiger partial charge in [-0.1, -0.05) is 12.1 Å². The molecule has 9 nitrogen and oxygen atoms in total. The summed E-state index contributed by atoms with van der Waals surface area (Å²) in [4.78, 5) is 38.7. The number of nitrogens with zero attached hydrogens (tertiary/aromatic N) is 5. The quantitative estimate of drug-likeness (QED) is 0.207. The number of nitro benzene ring substituents is 1. The molecule has 0 atom stereocenters. The van der Waals surface area contributed by atoms with Crippen molar-refractivity contribution in [2.45, 2.75) is 6.92 Å². The first-order valence-corrected chi connectivity index (χ1v) is 10.4. The zero-order valence-corrected chi connectivity index (χ0v) is 17.9. The summed E-state index contributed by atoms with van der Waals surface area (Å²) in [5.74, 6) is -0.512. The highest BCUT2D eigenvalue weighted by Crippen LogP contribution is 2.25. The number of carbonyl (C=O) groups is 2. The Labute approximate surface area is 190 Å². The molecule has 3 aromatic carbocycles. The van der Waals surface area contributed by atoms with Crippen LogP contribution in [0.25, 0.3) is 0 Å². The fourth-order valence-electron chi connectivity index (χ4n) is 3.62. The third-order valence-electron chi connectivity index (χ3n) is 5.41. The Morgan fingerprint density at radius 1 is 0.848 bits per heavy atom. The number of benzene rings is 3. The van der Waals surface area contributed by atoms with E-state index < -0.39 is 4.92 Å². The van der Waals surface area contributed by atoms with Gasteiger partial charge in [-0.2, -0.15) is 10.2 Å². The van der Waals surface area contributed by atoms with Crippen LogP contribution in [0.4, 0.5) is 22.7 Å². The minimum atomic E-state index is -0.465. The minimum absolute atomic E-state index is 0.000768. The molecule has 1 aliphatic rings. The number of fused-ring (bicyclic) bond motifs is 1. The summed E-state index contributed by atoms with van der Waals surface area (Å²) in [6.07, 6.45) is 0. The number of hydrogen-bond acceptors (Lipinski definition) is 7. The summed E-state index contributed by atoms with van der Waals surface area (Å²) in [6, 6.07) is 20.1. The molecule has 0 radical (unpaired) electrons. The Kier molecular flexibility index (Phi) is 6.21. The maximum absolute atomic E-state index is 12.6. The SMILES string of the molecule is CCN(CCN1C(=O)c2ccccc2C1=O)c1ccc(N=Nc2ccc([N+](=O)[O-])cc2)cc1. The van der Waals surface area contributed by atoms with Crippen molar-refractivity contribution in [1.82, 2.24) is 4.90 Å². The van der Waals surface area contributed by atoms with Gasteiger partial charge in [-0.3, -0.25) is 24.6 Å². The summed E-state index contributed by atoms with van der Waals surface area (Å²) < 4.78 is 0. The van der Waals surface area contributed by atoms with Gasteiger partial charge in [0.15, 0.2) is 0 Å². The van der Waals surface area contributed by atoms with Crippen LogP contribution >= 0.6 is 0 Å². The average Bonchev–Trinajstić information content (AvgIpc) is 3.09. The van der Waals surface area contributed by atoms with E-state index in [2.05, 4.69) is 15.1 Å². The molecule has 0 N–H and O–H groups in total. The predicted molar refractivity (Wildman–Crippen MR) is 123 cm³/mol. The molecule has 0 unspecified atom stereocenters. The highest BCUT2D eigenvalue weighted by molar-refractivity contribution is 6.21. The first-order chi connectivity index (χ1) is 16.0. The lowest BCUT2D eigenvalue weighted by Gasteiger charge is -2.25. The van der Waals surface area contributed by atoms with Crippen molar-refractivity contribution in [3.63, 3.8) is 0 Å². The number of likely N-dealkylation sites (N-methyl/N-ethyl adjacent to an activating group) is 1. The normalized spacial score (nSPS) is 12.9. The van der Waals surface area contributed by atoms with Gasteiger partial charge >= 0.3 is 0 Å². The maximum Gasteiger partial charge on any atom is 0.269 e. The van der Waals surface area contributed by atoms with Gasteiger partial charge in [0, 0.05) is 37.5 Å². The van der Waals surface area contributed by atoms with Gasteiger partial charge in [-0.15, -0.1) is 0 Å². The lowest BCUT2D eigenvalue weighted by molar-refractivity contribution is -0.384. The number of hydrogen-bond donors (Lipinski definition) is 0. The molecule has 0 spiro atoms. The Morgan fingerprint density at radius 3 is 1.85 bits per heavy atom. The first kappa shape index (κ1) is 21.8. The third-order valence-corrected chi connectivity index (χ3v) is 5.41. The second kappa shape index (κ2) is 9.39. The first-order valence-electron chi connectivity index (χ1n) is 10.4. The lowest BCUT2D eigenvalue weighted by Crippen LogP contribution is -2.38. The van der Waals surface area contributed by atoms with Crippen LogP contribution in [0, 0.1) is 10.1 Å². The molecule has 166 valence electrons. The van der Waals surface area contributed by atoms with E-state index in [9.17, 15) is 19.7 Å². The molecule has 3 aromatic rings. The van der Waals surface area contributed by atoms with Crippen molar-refractivity contribution in [3.8, 4) is 0 Å². The smallest absolute Gasteiger partial charge is 0.269 e. The van der Waals surface area contributed by atoms with E-state index in [4.69, 9.17) is 0 Å². The average molecular weight is 443 g/mol. The van der Waals surface area contributed by atoms with Gasteiger partial charge in [-0.25, -0.2) is 0 Å². The fourth-order valence-corrected chi connectivity index (χ4v) is 3.62. The number of imide groups is 1. The standard InChI is InChI=1S/C24H21N5O4/c1-2-27(15-16-28-23(30)21-5-3-4-6-22(21)24(28)31)19-11-7-17(8-12-19)25-26-18-9-13-20(14-10-18)29(32)33/h3-14H,2,15-16H2,1H3. The number of carbonyl (C=O) groups excluding carboxylic acids is 2. The molecule has 0 saturated heterocycles. The molecule has 1 aliphatic heterocycles. The summed E-state index contributed by atoms with van der Waals surface area (Å²) in [5, 5.41) is 19.0. The van der Waals surface area contributed by atoms with Crippen LogP contribution in [0.15, 0.2) is 83.0 Å². The van der Waals surface area contributed by atoms with Gasteiger partial charge in [0.2, 0.25) is 0 Å². The fraction of sp³-hybridized carbons (Fsp3) is 0.167. The molecule has 0 fully saturated rings. The van der Waals surface area contributed by atoms with E-state index in [1.54, 1.807) is 24.3 Å². The van der Waals surface area contributed by atoms with E-state index in [0.717, 1.165) is 5.69 Å². The van der Waals surface area contributed by atoms with Gasteiger partial charge < -0.3 is 4.90 Å².